The first-order chi connectivity index (χ1) is 7.75. The smallest absolute Gasteiger partial charge is 0.144 e. The Bertz CT molecular complexity index is 362. The summed E-state index contributed by atoms with van der Waals surface area (Å²) in [7, 11) is 0. The second kappa shape index (κ2) is 5.18. The van der Waals surface area contributed by atoms with Gasteiger partial charge in [-0.25, -0.2) is 9.97 Å². The van der Waals surface area contributed by atoms with Crippen LogP contribution in [0.5, 0.6) is 0 Å². The van der Waals surface area contributed by atoms with Crippen molar-refractivity contribution in [2.45, 2.75) is 18.9 Å². The molecule has 6 heteroatoms. The Morgan fingerprint density at radius 3 is 3.00 bits per heavy atom. The van der Waals surface area contributed by atoms with E-state index < -0.39 is 0 Å². The number of rotatable bonds is 4. The van der Waals surface area contributed by atoms with Gasteiger partial charge in [-0.1, -0.05) is 12.2 Å². The standard InChI is InChI=1S/C10H14N4OS/c11-10(16)8-5-14-9(6-12-8)13-4-7-2-1-3-15-7/h5-7H,1-4H2,(H2,11,16)(H,13,14). The fraction of sp³-hybridized carbons (Fsp3) is 0.500. The molecule has 3 N–H and O–H groups in total. The highest BCUT2D eigenvalue weighted by molar-refractivity contribution is 7.80. The molecule has 86 valence electrons. The molecule has 1 fully saturated rings. The van der Waals surface area contributed by atoms with E-state index in [0.717, 1.165) is 31.8 Å². The van der Waals surface area contributed by atoms with Crippen molar-refractivity contribution < 1.29 is 4.74 Å². The fourth-order valence-electron chi connectivity index (χ4n) is 1.57. The first-order valence-corrected chi connectivity index (χ1v) is 5.64. The molecule has 0 bridgehead atoms. The van der Waals surface area contributed by atoms with Crippen molar-refractivity contribution in [2.24, 2.45) is 5.73 Å². The van der Waals surface area contributed by atoms with Crippen molar-refractivity contribution in [3.05, 3.63) is 18.1 Å². The van der Waals surface area contributed by atoms with Gasteiger partial charge in [-0.15, -0.1) is 0 Å². The zero-order valence-corrected chi connectivity index (χ0v) is 9.67. The summed E-state index contributed by atoms with van der Waals surface area (Å²) in [6.45, 7) is 1.62. The number of nitrogens with zero attached hydrogens (tertiary/aromatic N) is 2. The van der Waals surface area contributed by atoms with Gasteiger partial charge >= 0.3 is 0 Å². The number of aromatic nitrogens is 2. The van der Waals surface area contributed by atoms with Crippen molar-refractivity contribution in [3.8, 4) is 0 Å². The van der Waals surface area contributed by atoms with Gasteiger partial charge in [0, 0.05) is 13.2 Å². The average molecular weight is 238 g/mol. The summed E-state index contributed by atoms with van der Waals surface area (Å²) < 4.78 is 5.49. The summed E-state index contributed by atoms with van der Waals surface area (Å²) >= 11 is 4.79. The van der Waals surface area contributed by atoms with E-state index in [2.05, 4.69) is 15.3 Å². The molecule has 0 saturated carbocycles. The topological polar surface area (TPSA) is 73.1 Å². The van der Waals surface area contributed by atoms with Gasteiger partial charge in [0.25, 0.3) is 0 Å². The molecule has 1 aliphatic rings. The van der Waals surface area contributed by atoms with Crippen molar-refractivity contribution in [3.63, 3.8) is 0 Å². The zero-order valence-electron chi connectivity index (χ0n) is 8.85. The van der Waals surface area contributed by atoms with Crippen molar-refractivity contribution in [1.82, 2.24) is 9.97 Å². The molecule has 0 aromatic carbocycles. The predicted octanol–water partition coefficient (Wildman–Crippen LogP) is 0.702. The molecule has 1 unspecified atom stereocenters. The second-order valence-corrected chi connectivity index (χ2v) is 4.11. The SMILES string of the molecule is NC(=S)c1cnc(NCC2CCCO2)cn1. The monoisotopic (exact) mass is 238 g/mol. The average Bonchev–Trinajstić information content (AvgIpc) is 2.80. The van der Waals surface area contributed by atoms with Crippen LogP contribution in [0.15, 0.2) is 12.4 Å². The zero-order chi connectivity index (χ0) is 11.4. The van der Waals surface area contributed by atoms with Crippen LogP contribution in [-0.2, 0) is 4.74 Å². The molecule has 1 saturated heterocycles. The number of hydrogen-bond acceptors (Lipinski definition) is 5. The molecule has 1 atom stereocenters. The molecule has 0 spiro atoms. The Hall–Kier alpha value is -1.27. The highest BCUT2D eigenvalue weighted by atomic mass is 32.1. The minimum Gasteiger partial charge on any atom is -0.388 e. The van der Waals surface area contributed by atoms with Crippen LogP contribution >= 0.6 is 12.2 Å². The van der Waals surface area contributed by atoms with Gasteiger partial charge in [0.2, 0.25) is 0 Å². The minimum absolute atomic E-state index is 0.262. The number of thiocarbonyl (C=S) groups is 1. The van der Waals surface area contributed by atoms with Crippen LogP contribution in [0.25, 0.3) is 0 Å². The van der Waals surface area contributed by atoms with Gasteiger partial charge in [-0.3, -0.25) is 0 Å². The molecule has 5 nitrogen and oxygen atoms in total. The summed E-state index contributed by atoms with van der Waals surface area (Å²) in [5.41, 5.74) is 5.97. The maximum Gasteiger partial charge on any atom is 0.144 e. The van der Waals surface area contributed by atoms with Crippen LogP contribution < -0.4 is 11.1 Å². The predicted molar refractivity (Wildman–Crippen MR) is 65.4 cm³/mol. The van der Waals surface area contributed by atoms with Crippen LogP contribution in [-0.4, -0.2) is 34.2 Å². The van der Waals surface area contributed by atoms with E-state index in [9.17, 15) is 0 Å². The van der Waals surface area contributed by atoms with E-state index >= 15 is 0 Å². The molecule has 2 rings (SSSR count). The maximum atomic E-state index is 5.49. The normalized spacial score (nSPS) is 19.6. The second-order valence-electron chi connectivity index (χ2n) is 3.67. The van der Waals surface area contributed by atoms with Crippen molar-refractivity contribution in [1.29, 1.82) is 0 Å². The lowest BCUT2D eigenvalue weighted by molar-refractivity contribution is 0.120. The molecule has 16 heavy (non-hydrogen) atoms. The molecule has 2 heterocycles. The molecule has 1 aromatic rings. The quantitative estimate of drug-likeness (QED) is 0.752. The number of nitrogens with one attached hydrogen (secondary N) is 1. The van der Waals surface area contributed by atoms with Gasteiger partial charge < -0.3 is 15.8 Å². The third kappa shape index (κ3) is 2.86. The highest BCUT2D eigenvalue weighted by Crippen LogP contribution is 2.12. The number of hydrogen-bond donors (Lipinski definition) is 2. The number of ether oxygens (including phenoxy) is 1. The Morgan fingerprint density at radius 1 is 1.56 bits per heavy atom. The van der Waals surface area contributed by atoms with Gasteiger partial charge in [0.1, 0.15) is 16.5 Å². The van der Waals surface area contributed by atoms with Gasteiger partial charge in [-0.2, -0.15) is 0 Å². The molecule has 0 amide bonds. The Morgan fingerprint density at radius 2 is 2.44 bits per heavy atom. The third-order valence-corrected chi connectivity index (χ3v) is 2.65. The fourth-order valence-corrected chi connectivity index (χ4v) is 1.68. The largest absolute Gasteiger partial charge is 0.388 e. The van der Waals surface area contributed by atoms with Crippen LogP contribution in [0.1, 0.15) is 18.5 Å². The lowest BCUT2D eigenvalue weighted by atomic mass is 10.2. The van der Waals surface area contributed by atoms with Gasteiger partial charge in [0.15, 0.2) is 0 Å². The maximum absolute atomic E-state index is 5.49. The molecular weight excluding hydrogens is 224 g/mol. The van der Waals surface area contributed by atoms with Crippen molar-refractivity contribution >= 4 is 23.0 Å². The van der Waals surface area contributed by atoms with E-state index in [4.69, 9.17) is 22.7 Å². The molecule has 1 aliphatic heterocycles. The highest BCUT2D eigenvalue weighted by Gasteiger charge is 2.14. The van der Waals surface area contributed by atoms with E-state index in [1.54, 1.807) is 12.4 Å². The van der Waals surface area contributed by atoms with Crippen LogP contribution in [0.2, 0.25) is 0 Å². The minimum atomic E-state index is 0.262. The van der Waals surface area contributed by atoms with Crippen LogP contribution in [0.3, 0.4) is 0 Å². The lowest BCUT2D eigenvalue weighted by Crippen LogP contribution is -2.19. The van der Waals surface area contributed by atoms with Crippen molar-refractivity contribution in [2.75, 3.05) is 18.5 Å². The first kappa shape index (κ1) is 11.2. The molecule has 0 aliphatic carbocycles. The summed E-state index contributed by atoms with van der Waals surface area (Å²) in [6.07, 6.45) is 5.73. The number of anilines is 1. The van der Waals surface area contributed by atoms with E-state index in [-0.39, 0.29) is 11.1 Å². The lowest BCUT2D eigenvalue weighted by Gasteiger charge is -2.10. The first-order valence-electron chi connectivity index (χ1n) is 5.23. The van der Waals surface area contributed by atoms with Crippen LogP contribution in [0, 0.1) is 0 Å². The van der Waals surface area contributed by atoms with E-state index in [1.165, 1.54) is 0 Å². The Labute approximate surface area is 99.4 Å². The molecule has 0 radical (unpaired) electrons. The van der Waals surface area contributed by atoms with E-state index in [0.29, 0.717) is 5.69 Å². The Kier molecular flexibility index (Phi) is 3.63. The summed E-state index contributed by atoms with van der Waals surface area (Å²) in [4.78, 5) is 8.52. The Balaban J connectivity index is 1.87. The molecule has 1 aromatic heterocycles. The third-order valence-electron chi connectivity index (χ3n) is 2.44. The summed E-state index contributed by atoms with van der Waals surface area (Å²) in [5.74, 6) is 0.718. The van der Waals surface area contributed by atoms with Gasteiger partial charge in [0.05, 0.1) is 18.5 Å². The van der Waals surface area contributed by atoms with Gasteiger partial charge in [-0.05, 0) is 12.8 Å². The van der Waals surface area contributed by atoms with Crippen LogP contribution in [0.4, 0.5) is 5.82 Å². The molecular formula is C10H14N4OS. The summed E-state index contributed by atoms with van der Waals surface area (Å²) in [5, 5.41) is 3.17. The number of nitrogens with two attached hydrogens (primary N) is 1. The summed E-state index contributed by atoms with van der Waals surface area (Å²) in [6, 6.07) is 0. The van der Waals surface area contributed by atoms with E-state index in [1.807, 2.05) is 0 Å².